The summed E-state index contributed by atoms with van der Waals surface area (Å²) in [5.41, 5.74) is 0. The van der Waals surface area contributed by atoms with Gasteiger partial charge in [-0.3, -0.25) is 0 Å². The normalized spacial score (nSPS) is 11.7. The summed E-state index contributed by atoms with van der Waals surface area (Å²) in [7, 11) is -3.32. The molecule has 0 saturated carbocycles. The van der Waals surface area contributed by atoms with Gasteiger partial charge in [0, 0.05) is 10.1 Å². The Kier molecular flexibility index (Phi) is 7.18. The maximum absolute atomic E-state index is 11.9. The van der Waals surface area contributed by atoms with E-state index in [1.165, 1.54) is 19.3 Å². The van der Waals surface area contributed by atoms with Gasteiger partial charge in [0.05, 0.1) is 4.90 Å². The highest BCUT2D eigenvalue weighted by atomic mass is 127. The van der Waals surface area contributed by atoms with Gasteiger partial charge in [-0.2, -0.15) is 0 Å². The zero-order valence-electron chi connectivity index (χ0n) is 10.7. The Balaban J connectivity index is 2.38. The smallest absolute Gasteiger partial charge is 0.211 e. The first-order chi connectivity index (χ1) is 8.56. The maximum atomic E-state index is 11.9. The van der Waals surface area contributed by atoms with Crippen molar-refractivity contribution in [1.29, 1.82) is 0 Å². The van der Waals surface area contributed by atoms with Gasteiger partial charge in [0.15, 0.2) is 0 Å². The highest BCUT2D eigenvalue weighted by Gasteiger charge is 2.12. The lowest BCUT2D eigenvalue weighted by Gasteiger charge is -2.06. The minimum Gasteiger partial charge on any atom is -0.211 e. The number of unbranched alkanes of at least 4 members (excludes halogenated alkanes) is 4. The second-order valence-electron chi connectivity index (χ2n) is 4.27. The van der Waals surface area contributed by atoms with Crippen molar-refractivity contribution >= 4 is 32.6 Å². The Morgan fingerprint density at radius 3 is 2.28 bits per heavy atom. The molecule has 0 atom stereocenters. The number of hydrogen-bond donors (Lipinski definition) is 1. The minimum atomic E-state index is -3.32. The Bertz CT molecular complexity index is 443. The zero-order valence-corrected chi connectivity index (χ0v) is 13.6. The van der Waals surface area contributed by atoms with E-state index in [4.69, 9.17) is 0 Å². The van der Waals surface area contributed by atoms with Crippen LogP contribution in [-0.4, -0.2) is 15.0 Å². The van der Waals surface area contributed by atoms with E-state index < -0.39 is 10.0 Å². The van der Waals surface area contributed by atoms with Crippen LogP contribution in [0.4, 0.5) is 0 Å². The molecule has 1 aromatic carbocycles. The molecule has 1 aromatic rings. The molecule has 0 amide bonds. The lowest BCUT2D eigenvalue weighted by atomic mass is 10.2. The Hall–Kier alpha value is -0.140. The van der Waals surface area contributed by atoms with E-state index in [-0.39, 0.29) is 0 Å². The van der Waals surface area contributed by atoms with Gasteiger partial charge in [0.25, 0.3) is 0 Å². The molecule has 1 rings (SSSR count). The monoisotopic (exact) mass is 381 g/mol. The fourth-order valence-corrected chi connectivity index (χ4v) is 3.07. The van der Waals surface area contributed by atoms with Crippen molar-refractivity contribution in [2.45, 2.75) is 43.9 Å². The van der Waals surface area contributed by atoms with Crippen LogP contribution in [0.5, 0.6) is 0 Å². The van der Waals surface area contributed by atoms with E-state index in [0.29, 0.717) is 11.4 Å². The van der Waals surface area contributed by atoms with Gasteiger partial charge in [-0.1, -0.05) is 32.6 Å². The summed E-state index contributed by atoms with van der Waals surface area (Å²) in [4.78, 5) is 0.344. The first-order valence-corrected chi connectivity index (χ1v) is 8.87. The van der Waals surface area contributed by atoms with Crippen molar-refractivity contribution in [1.82, 2.24) is 4.72 Å². The summed E-state index contributed by atoms with van der Waals surface area (Å²) < 4.78 is 27.5. The van der Waals surface area contributed by atoms with Crippen LogP contribution in [0.2, 0.25) is 0 Å². The molecule has 1 N–H and O–H groups in total. The van der Waals surface area contributed by atoms with E-state index in [1.807, 2.05) is 0 Å². The van der Waals surface area contributed by atoms with Gasteiger partial charge >= 0.3 is 0 Å². The van der Waals surface area contributed by atoms with Crippen LogP contribution < -0.4 is 4.72 Å². The molecule has 0 heterocycles. The van der Waals surface area contributed by atoms with E-state index >= 15 is 0 Å². The molecule has 0 unspecified atom stereocenters. The first kappa shape index (κ1) is 15.9. The van der Waals surface area contributed by atoms with E-state index in [1.54, 1.807) is 24.3 Å². The Labute approximate surface area is 124 Å². The molecular weight excluding hydrogens is 361 g/mol. The summed E-state index contributed by atoms with van der Waals surface area (Å²) in [5.74, 6) is 0. The van der Waals surface area contributed by atoms with Gasteiger partial charge in [-0.15, -0.1) is 0 Å². The van der Waals surface area contributed by atoms with Crippen molar-refractivity contribution in [3.8, 4) is 0 Å². The largest absolute Gasteiger partial charge is 0.240 e. The highest BCUT2D eigenvalue weighted by Crippen LogP contribution is 2.12. The van der Waals surface area contributed by atoms with E-state index in [2.05, 4.69) is 34.2 Å². The molecule has 0 aromatic heterocycles. The summed E-state index contributed by atoms with van der Waals surface area (Å²) in [5, 5.41) is 0. The van der Waals surface area contributed by atoms with Crippen molar-refractivity contribution in [3.63, 3.8) is 0 Å². The Morgan fingerprint density at radius 2 is 1.67 bits per heavy atom. The van der Waals surface area contributed by atoms with Crippen molar-refractivity contribution < 1.29 is 8.42 Å². The topological polar surface area (TPSA) is 46.2 Å². The molecule has 5 heteroatoms. The number of sulfonamides is 1. The Morgan fingerprint density at radius 1 is 1.06 bits per heavy atom. The summed E-state index contributed by atoms with van der Waals surface area (Å²) in [6.45, 7) is 2.69. The third-order valence-electron chi connectivity index (χ3n) is 2.70. The molecule has 0 aliphatic carbocycles. The predicted molar refractivity (Wildman–Crippen MR) is 83.1 cm³/mol. The molecule has 102 valence electrons. The highest BCUT2D eigenvalue weighted by molar-refractivity contribution is 14.1. The van der Waals surface area contributed by atoms with Crippen LogP contribution in [0.3, 0.4) is 0 Å². The lowest BCUT2D eigenvalue weighted by Crippen LogP contribution is -2.24. The van der Waals surface area contributed by atoms with Crippen molar-refractivity contribution in [3.05, 3.63) is 27.8 Å². The molecule has 0 spiro atoms. The quantitative estimate of drug-likeness (QED) is 0.553. The summed E-state index contributed by atoms with van der Waals surface area (Å²) in [6, 6.07) is 6.88. The molecule has 0 radical (unpaired) electrons. The third-order valence-corrected chi connectivity index (χ3v) is 4.89. The van der Waals surface area contributed by atoms with E-state index in [0.717, 1.165) is 16.4 Å². The standard InChI is InChI=1S/C13H20INO2S/c1-2-3-4-5-6-11-15-18(16,17)13-9-7-12(14)8-10-13/h7-10,15H,2-6,11H2,1H3. The number of halogens is 1. The van der Waals surface area contributed by atoms with Gasteiger partial charge < -0.3 is 0 Å². The van der Waals surface area contributed by atoms with Gasteiger partial charge in [0.1, 0.15) is 0 Å². The number of nitrogens with one attached hydrogen (secondary N) is 1. The maximum Gasteiger partial charge on any atom is 0.240 e. The van der Waals surface area contributed by atoms with Crippen LogP contribution in [-0.2, 0) is 10.0 Å². The fraction of sp³-hybridized carbons (Fsp3) is 0.538. The fourth-order valence-electron chi connectivity index (χ4n) is 1.63. The molecule has 0 aliphatic rings. The van der Waals surface area contributed by atoms with E-state index in [9.17, 15) is 8.42 Å². The summed E-state index contributed by atoms with van der Waals surface area (Å²) >= 11 is 2.16. The lowest BCUT2D eigenvalue weighted by molar-refractivity contribution is 0.571. The molecule has 0 aliphatic heterocycles. The van der Waals surface area contributed by atoms with Crippen LogP contribution in [0.15, 0.2) is 29.2 Å². The third kappa shape index (κ3) is 5.67. The van der Waals surface area contributed by atoms with Crippen LogP contribution >= 0.6 is 22.6 Å². The van der Waals surface area contributed by atoms with Crippen LogP contribution in [0.25, 0.3) is 0 Å². The number of benzene rings is 1. The van der Waals surface area contributed by atoms with Gasteiger partial charge in [-0.25, -0.2) is 13.1 Å². The predicted octanol–water partition coefficient (Wildman–Crippen LogP) is 3.54. The molecule has 0 bridgehead atoms. The first-order valence-electron chi connectivity index (χ1n) is 6.31. The van der Waals surface area contributed by atoms with Gasteiger partial charge in [-0.05, 0) is 53.3 Å². The van der Waals surface area contributed by atoms with Crippen molar-refractivity contribution in [2.24, 2.45) is 0 Å². The van der Waals surface area contributed by atoms with Crippen molar-refractivity contribution in [2.75, 3.05) is 6.54 Å². The SMILES string of the molecule is CCCCCCCNS(=O)(=O)c1ccc(I)cc1. The molecule has 3 nitrogen and oxygen atoms in total. The molecular formula is C13H20INO2S. The van der Waals surface area contributed by atoms with Gasteiger partial charge in [0.2, 0.25) is 10.0 Å². The summed E-state index contributed by atoms with van der Waals surface area (Å²) in [6.07, 6.45) is 5.60. The molecule has 0 fully saturated rings. The van der Waals surface area contributed by atoms with Crippen LogP contribution in [0.1, 0.15) is 39.0 Å². The van der Waals surface area contributed by atoms with Crippen LogP contribution in [0, 0.1) is 3.57 Å². The minimum absolute atomic E-state index is 0.344. The number of hydrogen-bond acceptors (Lipinski definition) is 2. The average Bonchev–Trinajstić information content (AvgIpc) is 2.34. The zero-order chi connectivity index (χ0) is 13.4. The molecule has 0 saturated heterocycles. The second kappa shape index (κ2) is 8.12. The second-order valence-corrected chi connectivity index (χ2v) is 7.28. The molecule has 18 heavy (non-hydrogen) atoms. The average molecular weight is 381 g/mol. The number of rotatable bonds is 8.